The highest BCUT2D eigenvalue weighted by Gasteiger charge is 2.13. The fourth-order valence-electron chi connectivity index (χ4n) is 2.11. The molecule has 0 bridgehead atoms. The summed E-state index contributed by atoms with van der Waals surface area (Å²) in [7, 11) is 0. The lowest BCUT2D eigenvalue weighted by molar-refractivity contribution is 0.792. The fraction of sp³-hybridized carbons (Fsp3) is 0.471. The lowest BCUT2D eigenvalue weighted by Crippen LogP contribution is -1.94. The minimum absolute atomic E-state index is 0.537. The third-order valence-electron chi connectivity index (χ3n) is 3.26. The summed E-state index contributed by atoms with van der Waals surface area (Å²) in [5, 5.41) is 1.29. The molecule has 0 saturated heterocycles. The predicted molar refractivity (Wildman–Crippen MR) is 84.1 cm³/mol. The highest BCUT2D eigenvalue weighted by Crippen LogP contribution is 2.27. The Morgan fingerprint density at radius 1 is 1.16 bits per heavy atom. The Morgan fingerprint density at radius 3 is 2.53 bits per heavy atom. The second kappa shape index (κ2) is 6.85. The maximum absolute atomic E-state index is 4.88. The van der Waals surface area contributed by atoms with Crippen molar-refractivity contribution in [2.75, 3.05) is 0 Å². The highest BCUT2D eigenvalue weighted by molar-refractivity contribution is 7.11. The maximum Gasteiger partial charge on any atom is 0.0956 e. The third kappa shape index (κ3) is 3.90. The topological polar surface area (TPSA) is 12.9 Å². The number of rotatable bonds is 6. The fourth-order valence-corrected chi connectivity index (χ4v) is 3.24. The van der Waals surface area contributed by atoms with Crippen molar-refractivity contribution in [2.24, 2.45) is 0 Å². The van der Waals surface area contributed by atoms with Gasteiger partial charge in [0.25, 0.3) is 0 Å². The van der Waals surface area contributed by atoms with Crippen molar-refractivity contribution < 1.29 is 0 Å². The van der Waals surface area contributed by atoms with E-state index >= 15 is 0 Å². The molecule has 0 saturated carbocycles. The molecule has 0 spiro atoms. The minimum Gasteiger partial charge on any atom is -0.245 e. The molecule has 102 valence electrons. The zero-order valence-corrected chi connectivity index (χ0v) is 13.0. The number of unbranched alkanes of at least 4 members (excludes halogenated alkanes) is 1. The molecule has 1 aromatic carbocycles. The van der Waals surface area contributed by atoms with Crippen LogP contribution in [-0.4, -0.2) is 4.98 Å². The predicted octanol–water partition coefficient (Wildman–Crippen LogP) is 5.20. The van der Waals surface area contributed by atoms with E-state index in [4.69, 9.17) is 4.98 Å². The zero-order valence-electron chi connectivity index (χ0n) is 12.1. The summed E-state index contributed by atoms with van der Waals surface area (Å²) in [6.07, 6.45) is 4.67. The van der Waals surface area contributed by atoms with E-state index in [2.05, 4.69) is 51.1 Å². The van der Waals surface area contributed by atoms with Gasteiger partial charge in [0.2, 0.25) is 0 Å². The Bertz CT molecular complexity index is 499. The van der Waals surface area contributed by atoms with Gasteiger partial charge in [0, 0.05) is 17.2 Å². The number of hydrogen-bond donors (Lipinski definition) is 0. The van der Waals surface area contributed by atoms with Gasteiger partial charge in [-0.05, 0) is 18.4 Å². The summed E-state index contributed by atoms with van der Waals surface area (Å²) in [6.45, 7) is 6.71. The Morgan fingerprint density at radius 2 is 1.89 bits per heavy atom. The summed E-state index contributed by atoms with van der Waals surface area (Å²) in [5.74, 6) is 0.537. The quantitative estimate of drug-likeness (QED) is 0.705. The number of benzene rings is 1. The van der Waals surface area contributed by atoms with Crippen molar-refractivity contribution in [1.82, 2.24) is 4.98 Å². The average molecular weight is 273 g/mol. The van der Waals surface area contributed by atoms with Crippen LogP contribution in [0.5, 0.6) is 0 Å². The summed E-state index contributed by atoms with van der Waals surface area (Å²) in [4.78, 5) is 6.37. The number of nitrogens with zero attached hydrogens (tertiary/aromatic N) is 1. The van der Waals surface area contributed by atoms with Gasteiger partial charge < -0.3 is 0 Å². The van der Waals surface area contributed by atoms with Gasteiger partial charge in [-0.1, -0.05) is 57.5 Å². The van der Waals surface area contributed by atoms with E-state index < -0.39 is 0 Å². The van der Waals surface area contributed by atoms with E-state index in [0.717, 1.165) is 6.42 Å². The minimum atomic E-state index is 0.537. The first kappa shape index (κ1) is 14.3. The Labute approximate surface area is 120 Å². The molecule has 2 rings (SSSR count). The number of thiazole rings is 1. The van der Waals surface area contributed by atoms with Crippen LogP contribution in [0.25, 0.3) is 0 Å². The molecular weight excluding hydrogens is 250 g/mol. The molecule has 0 unspecified atom stereocenters. The van der Waals surface area contributed by atoms with Gasteiger partial charge in [-0.2, -0.15) is 0 Å². The molecule has 0 radical (unpaired) electrons. The number of hydrogen-bond acceptors (Lipinski definition) is 2. The summed E-state index contributed by atoms with van der Waals surface area (Å²) < 4.78 is 0. The highest BCUT2D eigenvalue weighted by atomic mass is 32.1. The van der Waals surface area contributed by atoms with Gasteiger partial charge in [0.05, 0.1) is 10.7 Å². The van der Waals surface area contributed by atoms with Gasteiger partial charge in [-0.3, -0.25) is 0 Å². The molecule has 2 heteroatoms. The van der Waals surface area contributed by atoms with Gasteiger partial charge in [-0.15, -0.1) is 11.3 Å². The lowest BCUT2D eigenvalue weighted by atomic mass is 10.1. The molecule has 0 aliphatic carbocycles. The van der Waals surface area contributed by atoms with Gasteiger partial charge in [-0.25, -0.2) is 4.98 Å². The molecule has 0 atom stereocenters. The van der Waals surface area contributed by atoms with Crippen LogP contribution in [0.4, 0.5) is 0 Å². The van der Waals surface area contributed by atoms with Crippen LogP contribution in [0.1, 0.15) is 60.7 Å². The first-order chi connectivity index (χ1) is 9.20. The van der Waals surface area contributed by atoms with Crippen LogP contribution in [0.2, 0.25) is 0 Å². The van der Waals surface area contributed by atoms with Crippen molar-refractivity contribution in [3.63, 3.8) is 0 Å². The van der Waals surface area contributed by atoms with Crippen molar-refractivity contribution in [2.45, 2.75) is 52.4 Å². The molecule has 19 heavy (non-hydrogen) atoms. The van der Waals surface area contributed by atoms with Crippen LogP contribution in [0.15, 0.2) is 30.3 Å². The first-order valence-corrected chi connectivity index (χ1v) is 8.04. The van der Waals surface area contributed by atoms with Crippen molar-refractivity contribution >= 4 is 11.3 Å². The summed E-state index contributed by atoms with van der Waals surface area (Å²) >= 11 is 1.92. The van der Waals surface area contributed by atoms with E-state index in [1.165, 1.54) is 40.4 Å². The second-order valence-electron chi connectivity index (χ2n) is 5.34. The van der Waals surface area contributed by atoms with E-state index in [1.54, 1.807) is 0 Å². The molecule has 0 aliphatic rings. The van der Waals surface area contributed by atoms with Gasteiger partial charge in [0.1, 0.15) is 0 Å². The van der Waals surface area contributed by atoms with E-state index in [9.17, 15) is 0 Å². The number of aryl methyl sites for hydroxylation is 1. The van der Waals surface area contributed by atoms with E-state index in [0.29, 0.717) is 5.92 Å². The largest absolute Gasteiger partial charge is 0.245 e. The molecule has 2 aromatic rings. The molecule has 0 fully saturated rings. The standard InChI is InChI=1S/C17H23NS/c1-4-5-11-16-15(18-17(19-16)13(2)3)12-14-9-7-6-8-10-14/h6-10,13H,4-5,11-12H2,1-3H3. The van der Waals surface area contributed by atoms with E-state index in [-0.39, 0.29) is 0 Å². The van der Waals surface area contributed by atoms with Crippen molar-refractivity contribution in [3.8, 4) is 0 Å². The van der Waals surface area contributed by atoms with Crippen molar-refractivity contribution in [3.05, 3.63) is 51.5 Å². The van der Waals surface area contributed by atoms with Crippen LogP contribution in [-0.2, 0) is 12.8 Å². The maximum atomic E-state index is 4.88. The monoisotopic (exact) mass is 273 g/mol. The zero-order chi connectivity index (χ0) is 13.7. The second-order valence-corrected chi connectivity index (χ2v) is 6.46. The Kier molecular flexibility index (Phi) is 5.15. The molecule has 1 aromatic heterocycles. The van der Waals surface area contributed by atoms with E-state index in [1.807, 2.05) is 11.3 Å². The summed E-state index contributed by atoms with van der Waals surface area (Å²) in [5.41, 5.74) is 2.66. The van der Waals surface area contributed by atoms with Gasteiger partial charge in [0.15, 0.2) is 0 Å². The SMILES string of the molecule is CCCCc1sc(C(C)C)nc1Cc1ccccc1. The molecule has 0 amide bonds. The number of aromatic nitrogens is 1. The van der Waals surface area contributed by atoms with Crippen molar-refractivity contribution in [1.29, 1.82) is 0 Å². The normalized spacial score (nSPS) is 11.2. The van der Waals surface area contributed by atoms with Crippen LogP contribution in [0, 0.1) is 0 Å². The Hall–Kier alpha value is -1.15. The smallest absolute Gasteiger partial charge is 0.0956 e. The van der Waals surface area contributed by atoms with Crippen LogP contribution < -0.4 is 0 Å². The average Bonchev–Trinajstić information content (AvgIpc) is 2.81. The molecule has 1 nitrogen and oxygen atoms in total. The molecule has 1 heterocycles. The first-order valence-electron chi connectivity index (χ1n) is 7.23. The van der Waals surface area contributed by atoms with Crippen LogP contribution >= 0.6 is 11.3 Å². The molecular formula is C17H23NS. The summed E-state index contributed by atoms with van der Waals surface area (Å²) in [6, 6.07) is 10.7. The third-order valence-corrected chi connectivity index (χ3v) is 4.72. The Balaban J connectivity index is 2.21. The lowest BCUT2D eigenvalue weighted by Gasteiger charge is -2.02. The van der Waals surface area contributed by atoms with Gasteiger partial charge >= 0.3 is 0 Å². The molecule has 0 N–H and O–H groups in total. The van der Waals surface area contributed by atoms with Crippen LogP contribution in [0.3, 0.4) is 0 Å². The molecule has 0 aliphatic heterocycles.